The summed E-state index contributed by atoms with van der Waals surface area (Å²) in [5.41, 5.74) is -0.100. The van der Waals surface area contributed by atoms with Gasteiger partial charge in [0.1, 0.15) is 0 Å². The summed E-state index contributed by atoms with van der Waals surface area (Å²) in [6.45, 7) is 1.03. The van der Waals surface area contributed by atoms with Crippen LogP contribution in [0.15, 0.2) is 23.1 Å². The Balaban J connectivity index is 2.06. The van der Waals surface area contributed by atoms with Crippen molar-refractivity contribution in [3.63, 3.8) is 0 Å². The summed E-state index contributed by atoms with van der Waals surface area (Å²) in [6, 6.07) is 3.87. The first-order valence-corrected chi connectivity index (χ1v) is 9.90. The highest BCUT2D eigenvalue weighted by Gasteiger charge is 2.28. The van der Waals surface area contributed by atoms with Gasteiger partial charge in [0, 0.05) is 26.7 Å². The van der Waals surface area contributed by atoms with Crippen molar-refractivity contribution >= 4 is 33.5 Å². The zero-order valence-corrected chi connectivity index (χ0v) is 15.9. The van der Waals surface area contributed by atoms with E-state index in [0.29, 0.717) is 19.7 Å². The number of halogens is 1. The van der Waals surface area contributed by atoms with Crippen molar-refractivity contribution in [1.29, 1.82) is 0 Å². The summed E-state index contributed by atoms with van der Waals surface area (Å²) in [6.07, 6.45) is 1.61. The lowest BCUT2D eigenvalue weighted by molar-refractivity contribution is -0.124. The summed E-state index contributed by atoms with van der Waals surface area (Å²) in [5, 5.41) is 2.55. The normalized spacial score (nSPS) is 15.0. The standard InChI is InChI=1S/C16H21ClN2O6S/c1-24-9-6-18-15(20)11-25-16(21)13-10-12(4-5-14(13)17)26(22,23)19-7-2-3-8-19/h4-5,10H,2-3,6-9,11H2,1H3,(H,18,20). The quantitative estimate of drug-likeness (QED) is 0.513. The third-order valence-corrected chi connectivity index (χ3v) is 6.05. The molecule has 1 aliphatic heterocycles. The number of sulfonamides is 1. The molecule has 10 heteroatoms. The Morgan fingerprint density at radius 2 is 1.96 bits per heavy atom. The molecule has 26 heavy (non-hydrogen) atoms. The van der Waals surface area contributed by atoms with Crippen LogP contribution >= 0.6 is 11.6 Å². The van der Waals surface area contributed by atoms with Crippen molar-refractivity contribution in [2.24, 2.45) is 0 Å². The molecule has 1 saturated heterocycles. The van der Waals surface area contributed by atoms with Gasteiger partial charge in [0.15, 0.2) is 6.61 Å². The predicted molar refractivity (Wildman–Crippen MR) is 94.6 cm³/mol. The number of amides is 1. The summed E-state index contributed by atoms with van der Waals surface area (Å²) in [4.78, 5) is 23.7. The van der Waals surface area contributed by atoms with Crippen LogP contribution in [0.3, 0.4) is 0 Å². The molecular weight excluding hydrogens is 384 g/mol. The SMILES string of the molecule is COCCNC(=O)COC(=O)c1cc(S(=O)(=O)N2CCCC2)ccc1Cl. The lowest BCUT2D eigenvalue weighted by Gasteiger charge is -2.16. The molecule has 0 unspecified atom stereocenters. The number of ether oxygens (including phenoxy) is 2. The van der Waals surface area contributed by atoms with Gasteiger partial charge in [-0.25, -0.2) is 13.2 Å². The molecule has 2 rings (SSSR count). The summed E-state index contributed by atoms with van der Waals surface area (Å²) >= 11 is 5.99. The van der Waals surface area contributed by atoms with Crippen molar-refractivity contribution < 1.29 is 27.5 Å². The fourth-order valence-corrected chi connectivity index (χ4v) is 4.19. The van der Waals surface area contributed by atoms with E-state index < -0.39 is 28.5 Å². The second-order valence-corrected chi connectivity index (χ2v) is 8.02. The summed E-state index contributed by atoms with van der Waals surface area (Å²) in [7, 11) is -2.19. The number of hydrogen-bond donors (Lipinski definition) is 1. The highest BCUT2D eigenvalue weighted by Crippen LogP contribution is 2.25. The van der Waals surface area contributed by atoms with Gasteiger partial charge in [0.2, 0.25) is 10.0 Å². The van der Waals surface area contributed by atoms with Gasteiger partial charge in [0.25, 0.3) is 5.91 Å². The van der Waals surface area contributed by atoms with Crippen LogP contribution in [-0.4, -0.2) is 64.6 Å². The van der Waals surface area contributed by atoms with Crippen LogP contribution in [-0.2, 0) is 24.3 Å². The molecule has 0 aliphatic carbocycles. The minimum atomic E-state index is -3.68. The van der Waals surface area contributed by atoms with E-state index in [1.807, 2.05) is 0 Å². The zero-order valence-electron chi connectivity index (χ0n) is 14.4. The summed E-state index contributed by atoms with van der Waals surface area (Å²) < 4.78 is 36.2. The number of nitrogens with one attached hydrogen (secondary N) is 1. The van der Waals surface area contributed by atoms with E-state index in [1.165, 1.54) is 29.6 Å². The predicted octanol–water partition coefficient (Wildman–Crippen LogP) is 1.04. The first-order chi connectivity index (χ1) is 12.4. The van der Waals surface area contributed by atoms with E-state index in [1.54, 1.807) is 0 Å². The molecule has 1 aliphatic rings. The number of nitrogens with zero attached hydrogens (tertiary/aromatic N) is 1. The third-order valence-electron chi connectivity index (χ3n) is 3.82. The average Bonchev–Trinajstić information content (AvgIpc) is 3.15. The molecule has 1 aromatic rings. The highest BCUT2D eigenvalue weighted by molar-refractivity contribution is 7.89. The van der Waals surface area contributed by atoms with Gasteiger partial charge < -0.3 is 14.8 Å². The largest absolute Gasteiger partial charge is 0.452 e. The zero-order chi connectivity index (χ0) is 19.2. The number of hydrogen-bond acceptors (Lipinski definition) is 6. The van der Waals surface area contributed by atoms with E-state index in [-0.39, 0.29) is 22.0 Å². The molecule has 1 heterocycles. The van der Waals surface area contributed by atoms with Gasteiger partial charge in [-0.15, -0.1) is 0 Å². The van der Waals surface area contributed by atoms with Gasteiger partial charge in [-0.2, -0.15) is 4.31 Å². The number of carbonyl (C=O) groups is 2. The first-order valence-electron chi connectivity index (χ1n) is 8.08. The highest BCUT2D eigenvalue weighted by atomic mass is 35.5. The molecule has 1 aromatic carbocycles. The Labute approximate surface area is 157 Å². The van der Waals surface area contributed by atoms with E-state index in [2.05, 4.69) is 5.32 Å². The monoisotopic (exact) mass is 404 g/mol. The van der Waals surface area contributed by atoms with Crippen molar-refractivity contribution in [3.8, 4) is 0 Å². The molecule has 0 radical (unpaired) electrons. The van der Waals surface area contributed by atoms with Crippen molar-refractivity contribution in [2.75, 3.05) is 40.0 Å². The van der Waals surface area contributed by atoms with Gasteiger partial charge in [-0.1, -0.05) is 11.6 Å². The van der Waals surface area contributed by atoms with Gasteiger partial charge in [-0.3, -0.25) is 4.79 Å². The van der Waals surface area contributed by atoms with Crippen LogP contribution in [0.4, 0.5) is 0 Å². The van der Waals surface area contributed by atoms with Crippen LogP contribution < -0.4 is 5.32 Å². The van der Waals surface area contributed by atoms with Crippen molar-refractivity contribution in [3.05, 3.63) is 28.8 Å². The minimum Gasteiger partial charge on any atom is -0.452 e. The summed E-state index contributed by atoms with van der Waals surface area (Å²) in [5.74, 6) is -1.36. The Kier molecular flexibility index (Phi) is 7.39. The molecular formula is C16H21ClN2O6S. The molecule has 1 N–H and O–H groups in total. The maximum Gasteiger partial charge on any atom is 0.340 e. The van der Waals surface area contributed by atoms with Gasteiger partial charge in [-0.05, 0) is 31.0 Å². The molecule has 0 saturated carbocycles. The number of carbonyl (C=O) groups excluding carboxylic acids is 2. The van der Waals surface area contributed by atoms with Crippen LogP contribution in [0.2, 0.25) is 5.02 Å². The lowest BCUT2D eigenvalue weighted by Crippen LogP contribution is -2.31. The Hall–Kier alpha value is -1.68. The number of methoxy groups -OCH3 is 1. The van der Waals surface area contributed by atoms with E-state index in [9.17, 15) is 18.0 Å². The molecule has 1 amide bonds. The fourth-order valence-electron chi connectivity index (χ4n) is 2.45. The Bertz CT molecular complexity index is 762. The molecule has 0 aromatic heterocycles. The number of rotatable bonds is 8. The van der Waals surface area contributed by atoms with E-state index >= 15 is 0 Å². The lowest BCUT2D eigenvalue weighted by atomic mass is 10.2. The van der Waals surface area contributed by atoms with Crippen LogP contribution in [0.1, 0.15) is 23.2 Å². The second kappa shape index (κ2) is 9.31. The molecule has 0 spiro atoms. The molecule has 0 atom stereocenters. The van der Waals surface area contributed by atoms with Crippen LogP contribution in [0.5, 0.6) is 0 Å². The Morgan fingerprint density at radius 3 is 2.62 bits per heavy atom. The van der Waals surface area contributed by atoms with Crippen LogP contribution in [0.25, 0.3) is 0 Å². The molecule has 1 fully saturated rings. The van der Waals surface area contributed by atoms with Crippen LogP contribution in [0, 0.1) is 0 Å². The fraction of sp³-hybridized carbons (Fsp3) is 0.500. The average molecular weight is 405 g/mol. The minimum absolute atomic E-state index is 0.0275. The number of benzene rings is 1. The number of esters is 1. The molecule has 144 valence electrons. The van der Waals surface area contributed by atoms with Crippen molar-refractivity contribution in [1.82, 2.24) is 9.62 Å². The Morgan fingerprint density at radius 1 is 1.27 bits per heavy atom. The van der Waals surface area contributed by atoms with E-state index in [0.717, 1.165) is 12.8 Å². The topological polar surface area (TPSA) is 102 Å². The van der Waals surface area contributed by atoms with E-state index in [4.69, 9.17) is 21.1 Å². The van der Waals surface area contributed by atoms with Gasteiger partial charge in [0.05, 0.1) is 22.1 Å². The van der Waals surface area contributed by atoms with Gasteiger partial charge >= 0.3 is 5.97 Å². The smallest absolute Gasteiger partial charge is 0.340 e. The third kappa shape index (κ3) is 5.16. The second-order valence-electron chi connectivity index (χ2n) is 5.67. The molecule has 8 nitrogen and oxygen atoms in total. The van der Waals surface area contributed by atoms with Crippen molar-refractivity contribution in [2.45, 2.75) is 17.7 Å². The maximum atomic E-state index is 12.6. The molecule has 0 bridgehead atoms. The maximum absolute atomic E-state index is 12.6. The first kappa shape index (κ1) is 20.6.